The van der Waals surface area contributed by atoms with Gasteiger partial charge in [0, 0.05) is 29.4 Å². The highest BCUT2D eigenvalue weighted by Gasteiger charge is 2.14. The molecule has 0 aliphatic rings. The Morgan fingerprint density at radius 2 is 1.85 bits per heavy atom. The highest BCUT2D eigenvalue weighted by Crippen LogP contribution is 2.30. The fourth-order valence-corrected chi connectivity index (χ4v) is 3.53. The van der Waals surface area contributed by atoms with E-state index in [1.807, 2.05) is 18.2 Å². The van der Waals surface area contributed by atoms with Gasteiger partial charge in [-0.15, -0.1) is 0 Å². The second-order valence-corrected chi connectivity index (χ2v) is 7.12. The standard InChI is InChI=1S/C21H21N3O2S/c1-14-8-9-17(12-15(14)2)27-21-18(7-5-11-23-21)19(25)24-13-16-6-4-10-22-20(16)26-3/h4-12H,13H2,1-3H3,(H,24,25). The van der Waals surface area contributed by atoms with Crippen LogP contribution in [0.5, 0.6) is 5.88 Å². The van der Waals surface area contributed by atoms with Gasteiger partial charge in [0.05, 0.1) is 12.7 Å². The molecule has 0 bridgehead atoms. The van der Waals surface area contributed by atoms with Crippen LogP contribution in [0, 0.1) is 13.8 Å². The molecule has 0 saturated carbocycles. The summed E-state index contributed by atoms with van der Waals surface area (Å²) < 4.78 is 5.23. The van der Waals surface area contributed by atoms with E-state index >= 15 is 0 Å². The van der Waals surface area contributed by atoms with Gasteiger partial charge in [-0.25, -0.2) is 9.97 Å². The highest BCUT2D eigenvalue weighted by atomic mass is 32.2. The molecule has 2 aromatic heterocycles. The van der Waals surface area contributed by atoms with Crippen LogP contribution in [0.25, 0.3) is 0 Å². The zero-order valence-electron chi connectivity index (χ0n) is 15.5. The van der Waals surface area contributed by atoms with Crippen LogP contribution in [-0.4, -0.2) is 23.0 Å². The first-order valence-corrected chi connectivity index (χ1v) is 9.36. The molecule has 0 saturated heterocycles. The summed E-state index contributed by atoms with van der Waals surface area (Å²) >= 11 is 1.49. The average molecular weight is 379 g/mol. The van der Waals surface area contributed by atoms with Gasteiger partial charge in [-0.3, -0.25) is 4.79 Å². The molecule has 1 aromatic carbocycles. The van der Waals surface area contributed by atoms with E-state index in [-0.39, 0.29) is 5.91 Å². The van der Waals surface area contributed by atoms with Gasteiger partial charge in [-0.2, -0.15) is 0 Å². The van der Waals surface area contributed by atoms with Gasteiger partial charge >= 0.3 is 0 Å². The van der Waals surface area contributed by atoms with Crippen LogP contribution >= 0.6 is 11.8 Å². The molecule has 0 fully saturated rings. The molecule has 1 N–H and O–H groups in total. The highest BCUT2D eigenvalue weighted by molar-refractivity contribution is 7.99. The summed E-state index contributed by atoms with van der Waals surface area (Å²) in [6, 6.07) is 13.5. The Hall–Kier alpha value is -2.86. The summed E-state index contributed by atoms with van der Waals surface area (Å²) in [7, 11) is 1.56. The van der Waals surface area contributed by atoms with Crippen LogP contribution in [0.1, 0.15) is 27.0 Å². The van der Waals surface area contributed by atoms with Crippen molar-refractivity contribution in [3.63, 3.8) is 0 Å². The second kappa shape index (κ2) is 8.68. The van der Waals surface area contributed by atoms with Crippen LogP contribution in [0.3, 0.4) is 0 Å². The summed E-state index contributed by atoms with van der Waals surface area (Å²) in [5.74, 6) is 0.328. The van der Waals surface area contributed by atoms with E-state index in [9.17, 15) is 4.79 Å². The van der Waals surface area contributed by atoms with Gasteiger partial charge < -0.3 is 10.1 Å². The molecule has 0 aliphatic heterocycles. The first-order chi connectivity index (χ1) is 13.1. The average Bonchev–Trinajstić information content (AvgIpc) is 2.69. The van der Waals surface area contributed by atoms with Crippen molar-refractivity contribution in [3.8, 4) is 5.88 Å². The van der Waals surface area contributed by atoms with Crippen LogP contribution in [0.2, 0.25) is 0 Å². The number of hydrogen-bond donors (Lipinski definition) is 1. The third-order valence-corrected chi connectivity index (χ3v) is 5.20. The number of rotatable bonds is 6. The van der Waals surface area contributed by atoms with Crippen molar-refractivity contribution in [2.24, 2.45) is 0 Å². The molecule has 3 aromatic rings. The summed E-state index contributed by atoms with van der Waals surface area (Å²) in [6.07, 6.45) is 3.36. The number of amides is 1. The number of ether oxygens (including phenoxy) is 1. The molecule has 27 heavy (non-hydrogen) atoms. The number of benzene rings is 1. The Labute approximate surface area is 163 Å². The van der Waals surface area contributed by atoms with Crippen LogP contribution < -0.4 is 10.1 Å². The quantitative estimate of drug-likeness (QED) is 0.696. The van der Waals surface area contributed by atoms with Crippen molar-refractivity contribution in [2.45, 2.75) is 30.3 Å². The van der Waals surface area contributed by atoms with E-state index in [1.165, 1.54) is 22.9 Å². The molecule has 1 amide bonds. The van der Waals surface area contributed by atoms with Crippen LogP contribution in [0.4, 0.5) is 0 Å². The predicted molar refractivity (Wildman–Crippen MR) is 106 cm³/mol. The topological polar surface area (TPSA) is 64.1 Å². The number of carbonyl (C=O) groups excluding carboxylic acids is 1. The fourth-order valence-electron chi connectivity index (χ4n) is 2.55. The van der Waals surface area contributed by atoms with Crippen LogP contribution in [-0.2, 0) is 6.54 Å². The Bertz CT molecular complexity index is 960. The van der Waals surface area contributed by atoms with E-state index in [1.54, 1.807) is 31.6 Å². The minimum absolute atomic E-state index is 0.180. The smallest absolute Gasteiger partial charge is 0.254 e. The van der Waals surface area contributed by atoms with Crippen molar-refractivity contribution >= 4 is 17.7 Å². The molecular formula is C21H21N3O2S. The monoisotopic (exact) mass is 379 g/mol. The second-order valence-electron chi connectivity index (χ2n) is 6.06. The zero-order valence-corrected chi connectivity index (χ0v) is 16.3. The van der Waals surface area contributed by atoms with E-state index < -0.39 is 0 Å². The van der Waals surface area contributed by atoms with Gasteiger partial charge in [0.2, 0.25) is 5.88 Å². The van der Waals surface area contributed by atoms with Gasteiger partial charge in [-0.1, -0.05) is 23.9 Å². The molecule has 138 valence electrons. The normalized spacial score (nSPS) is 10.5. The number of carbonyl (C=O) groups is 1. The third kappa shape index (κ3) is 4.65. The number of aryl methyl sites for hydroxylation is 2. The minimum atomic E-state index is -0.180. The first-order valence-electron chi connectivity index (χ1n) is 8.54. The molecule has 0 spiro atoms. The maximum absolute atomic E-state index is 12.7. The summed E-state index contributed by atoms with van der Waals surface area (Å²) in [4.78, 5) is 22.3. The lowest BCUT2D eigenvalue weighted by atomic mass is 10.1. The Morgan fingerprint density at radius 1 is 1.07 bits per heavy atom. The third-order valence-electron chi connectivity index (χ3n) is 4.19. The van der Waals surface area contributed by atoms with Gasteiger partial charge in [0.1, 0.15) is 5.03 Å². The lowest BCUT2D eigenvalue weighted by Crippen LogP contribution is -2.24. The summed E-state index contributed by atoms with van der Waals surface area (Å²) in [5.41, 5.74) is 3.82. The lowest BCUT2D eigenvalue weighted by Gasteiger charge is -2.11. The van der Waals surface area contributed by atoms with Crippen LogP contribution in [0.15, 0.2) is 64.8 Å². The molecule has 0 unspecified atom stereocenters. The zero-order chi connectivity index (χ0) is 19.2. The van der Waals surface area contributed by atoms with E-state index in [2.05, 4.69) is 41.3 Å². The van der Waals surface area contributed by atoms with Gasteiger partial charge in [-0.05, 0) is 55.3 Å². The molecule has 5 nitrogen and oxygen atoms in total. The number of pyridine rings is 2. The Morgan fingerprint density at radius 3 is 2.63 bits per heavy atom. The number of methoxy groups -OCH3 is 1. The summed E-state index contributed by atoms with van der Waals surface area (Å²) in [5, 5.41) is 3.60. The number of nitrogens with one attached hydrogen (secondary N) is 1. The molecular weight excluding hydrogens is 358 g/mol. The van der Waals surface area contributed by atoms with Crippen molar-refractivity contribution < 1.29 is 9.53 Å². The predicted octanol–water partition coefficient (Wildman–Crippen LogP) is 4.18. The van der Waals surface area contributed by atoms with E-state index in [0.717, 1.165) is 10.5 Å². The maximum atomic E-state index is 12.7. The van der Waals surface area contributed by atoms with Gasteiger partial charge in [0.15, 0.2) is 0 Å². The molecule has 0 radical (unpaired) electrons. The van der Waals surface area contributed by atoms with Crippen molar-refractivity contribution in [2.75, 3.05) is 7.11 Å². The SMILES string of the molecule is COc1ncccc1CNC(=O)c1cccnc1Sc1ccc(C)c(C)c1. The molecule has 6 heteroatoms. The molecule has 0 aliphatic carbocycles. The number of nitrogens with zero attached hydrogens (tertiary/aromatic N) is 2. The van der Waals surface area contributed by atoms with Crippen molar-refractivity contribution in [3.05, 3.63) is 77.1 Å². The number of aromatic nitrogens is 2. The summed E-state index contributed by atoms with van der Waals surface area (Å²) in [6.45, 7) is 4.49. The van der Waals surface area contributed by atoms with Gasteiger partial charge in [0.25, 0.3) is 5.91 Å². The van der Waals surface area contributed by atoms with Crippen molar-refractivity contribution in [1.82, 2.24) is 15.3 Å². The Balaban J connectivity index is 1.76. The van der Waals surface area contributed by atoms with E-state index in [4.69, 9.17) is 4.74 Å². The number of hydrogen-bond acceptors (Lipinski definition) is 5. The maximum Gasteiger partial charge on any atom is 0.254 e. The molecule has 3 rings (SSSR count). The van der Waals surface area contributed by atoms with Crippen molar-refractivity contribution in [1.29, 1.82) is 0 Å². The van der Waals surface area contributed by atoms with E-state index in [0.29, 0.717) is 23.0 Å². The molecule has 2 heterocycles. The first kappa shape index (κ1) is 18.9. The molecule has 0 atom stereocenters. The lowest BCUT2D eigenvalue weighted by molar-refractivity contribution is 0.0947. The minimum Gasteiger partial charge on any atom is -0.481 e. The fraction of sp³-hybridized carbons (Fsp3) is 0.190. The Kier molecular flexibility index (Phi) is 6.08. The largest absolute Gasteiger partial charge is 0.481 e.